The smallest absolute Gasteiger partial charge is 0.303 e. The number of hydrogen-bond acceptors (Lipinski definition) is 1. The van der Waals surface area contributed by atoms with E-state index in [9.17, 15) is 4.79 Å². The quantitative estimate of drug-likeness (QED) is 0.479. The van der Waals surface area contributed by atoms with Gasteiger partial charge in [-0.15, -0.1) is 0 Å². The van der Waals surface area contributed by atoms with E-state index >= 15 is 0 Å². The lowest BCUT2D eigenvalue weighted by Gasteiger charge is -1.98. The van der Waals surface area contributed by atoms with Crippen LogP contribution in [0.2, 0.25) is 0 Å². The number of aliphatic carboxylic acids is 1. The predicted octanol–water partition coefficient (Wildman–Crippen LogP) is 2.83. The second-order valence-electron chi connectivity index (χ2n) is 3.27. The standard InChI is InChI=1S/C10H20O2.Mg/c1-2-3-4-5-6-7-8-9-10(11)12;/h2-9H2,1H3,(H,11,12);. The number of carbonyl (C=O) groups is 1. The number of rotatable bonds is 8. The van der Waals surface area contributed by atoms with Crippen LogP contribution in [0.4, 0.5) is 0 Å². The Labute approximate surface area is 97.2 Å². The van der Waals surface area contributed by atoms with Gasteiger partial charge in [0.05, 0.1) is 0 Å². The molecule has 0 spiro atoms. The molecule has 0 saturated heterocycles. The third-order valence-electron chi connectivity index (χ3n) is 1.99. The van der Waals surface area contributed by atoms with Crippen molar-refractivity contribution >= 4 is 29.0 Å². The van der Waals surface area contributed by atoms with Crippen molar-refractivity contribution in [3.8, 4) is 0 Å². The van der Waals surface area contributed by atoms with Crippen molar-refractivity contribution in [2.45, 2.75) is 58.3 Å². The molecule has 0 aliphatic rings. The molecule has 0 unspecified atom stereocenters. The van der Waals surface area contributed by atoms with E-state index in [1.54, 1.807) is 0 Å². The van der Waals surface area contributed by atoms with E-state index in [2.05, 4.69) is 6.92 Å². The molecule has 3 heteroatoms. The summed E-state index contributed by atoms with van der Waals surface area (Å²) in [6.45, 7) is 2.20. The largest absolute Gasteiger partial charge is 0.481 e. The van der Waals surface area contributed by atoms with Gasteiger partial charge in [-0.1, -0.05) is 45.4 Å². The van der Waals surface area contributed by atoms with Gasteiger partial charge >= 0.3 is 5.97 Å². The molecule has 0 aromatic carbocycles. The fourth-order valence-corrected chi connectivity index (χ4v) is 1.23. The average Bonchev–Trinajstić information content (AvgIpc) is 2.02. The summed E-state index contributed by atoms with van der Waals surface area (Å²) in [4.78, 5) is 10.1. The SMILES string of the molecule is CCCCCCCCCC(=O)O.[Mg]. The van der Waals surface area contributed by atoms with Crippen LogP contribution in [0.25, 0.3) is 0 Å². The molecule has 0 fully saturated rings. The highest BCUT2D eigenvalue weighted by molar-refractivity contribution is 5.75. The van der Waals surface area contributed by atoms with Gasteiger partial charge in [0, 0.05) is 29.5 Å². The second-order valence-corrected chi connectivity index (χ2v) is 3.27. The highest BCUT2D eigenvalue weighted by Gasteiger charge is 1.95. The third-order valence-corrected chi connectivity index (χ3v) is 1.99. The summed E-state index contributed by atoms with van der Waals surface area (Å²) < 4.78 is 0. The van der Waals surface area contributed by atoms with E-state index in [-0.39, 0.29) is 23.1 Å². The molecule has 2 radical (unpaired) electrons. The van der Waals surface area contributed by atoms with Crippen molar-refractivity contribution in [1.82, 2.24) is 0 Å². The van der Waals surface area contributed by atoms with Crippen LogP contribution in [-0.2, 0) is 4.79 Å². The molecule has 0 heterocycles. The molecule has 0 saturated carbocycles. The third kappa shape index (κ3) is 15.0. The van der Waals surface area contributed by atoms with Crippen LogP contribution >= 0.6 is 0 Å². The lowest BCUT2D eigenvalue weighted by Crippen LogP contribution is -1.93. The summed E-state index contributed by atoms with van der Waals surface area (Å²) in [5.41, 5.74) is 0. The van der Waals surface area contributed by atoms with Gasteiger partial charge in [-0.3, -0.25) is 4.79 Å². The minimum Gasteiger partial charge on any atom is -0.481 e. The first-order valence-electron chi connectivity index (χ1n) is 4.99. The maximum Gasteiger partial charge on any atom is 0.303 e. The van der Waals surface area contributed by atoms with Crippen LogP contribution in [0.5, 0.6) is 0 Å². The Morgan fingerprint density at radius 1 is 1.00 bits per heavy atom. The van der Waals surface area contributed by atoms with E-state index in [1.165, 1.54) is 32.1 Å². The maximum atomic E-state index is 10.1. The molecule has 0 aliphatic heterocycles. The number of carboxylic acids is 1. The van der Waals surface area contributed by atoms with Gasteiger partial charge in [0.2, 0.25) is 0 Å². The van der Waals surface area contributed by atoms with Crippen LogP contribution in [0, 0.1) is 0 Å². The van der Waals surface area contributed by atoms with E-state index in [4.69, 9.17) is 5.11 Å². The molecule has 0 rings (SSSR count). The molecule has 0 aromatic rings. The minimum atomic E-state index is -0.663. The van der Waals surface area contributed by atoms with Crippen molar-refractivity contribution in [3.05, 3.63) is 0 Å². The van der Waals surface area contributed by atoms with Crippen LogP contribution in [-0.4, -0.2) is 34.1 Å². The van der Waals surface area contributed by atoms with Gasteiger partial charge in [0.25, 0.3) is 0 Å². The lowest BCUT2D eigenvalue weighted by molar-refractivity contribution is -0.137. The van der Waals surface area contributed by atoms with Gasteiger partial charge < -0.3 is 5.11 Å². The number of hydrogen-bond donors (Lipinski definition) is 1. The molecular formula is C10H20MgO2. The van der Waals surface area contributed by atoms with Crippen molar-refractivity contribution in [1.29, 1.82) is 0 Å². The highest BCUT2D eigenvalue weighted by atomic mass is 24.3. The minimum absolute atomic E-state index is 0. The van der Waals surface area contributed by atoms with Gasteiger partial charge in [-0.05, 0) is 6.42 Å². The molecule has 0 amide bonds. The first-order valence-corrected chi connectivity index (χ1v) is 4.99. The van der Waals surface area contributed by atoms with E-state index in [1.807, 2.05) is 0 Å². The molecule has 0 atom stereocenters. The molecule has 2 nitrogen and oxygen atoms in total. The Bertz CT molecular complexity index is 115. The fraction of sp³-hybridized carbons (Fsp3) is 0.900. The first-order chi connectivity index (χ1) is 5.77. The molecule has 0 bridgehead atoms. The molecule has 1 N–H and O–H groups in total. The summed E-state index contributed by atoms with van der Waals surface area (Å²) in [7, 11) is 0. The van der Waals surface area contributed by atoms with Gasteiger partial charge in [0.15, 0.2) is 0 Å². The number of unbranched alkanes of at least 4 members (excludes halogenated alkanes) is 6. The van der Waals surface area contributed by atoms with Crippen LogP contribution in [0.1, 0.15) is 58.3 Å². The summed E-state index contributed by atoms with van der Waals surface area (Å²) in [6, 6.07) is 0. The maximum absolute atomic E-state index is 10.1. The van der Waals surface area contributed by atoms with Gasteiger partial charge in [0.1, 0.15) is 0 Å². The zero-order chi connectivity index (χ0) is 9.23. The van der Waals surface area contributed by atoms with Crippen molar-refractivity contribution in [2.75, 3.05) is 0 Å². The molecule has 0 aliphatic carbocycles. The molecular weight excluding hydrogens is 176 g/mol. The van der Waals surface area contributed by atoms with Crippen LogP contribution in [0.15, 0.2) is 0 Å². The molecule has 74 valence electrons. The fourth-order valence-electron chi connectivity index (χ4n) is 1.23. The predicted molar refractivity (Wildman–Crippen MR) is 56.0 cm³/mol. The zero-order valence-corrected chi connectivity index (χ0v) is 10.1. The average molecular weight is 197 g/mol. The Hall–Kier alpha value is 0.236. The van der Waals surface area contributed by atoms with E-state index in [0.717, 1.165) is 12.8 Å². The van der Waals surface area contributed by atoms with E-state index in [0.29, 0.717) is 6.42 Å². The van der Waals surface area contributed by atoms with Crippen LogP contribution < -0.4 is 0 Å². The van der Waals surface area contributed by atoms with Gasteiger partial charge in [-0.2, -0.15) is 0 Å². The normalized spacial score (nSPS) is 9.31. The molecule has 13 heavy (non-hydrogen) atoms. The summed E-state index contributed by atoms with van der Waals surface area (Å²) in [5, 5.41) is 8.35. The topological polar surface area (TPSA) is 37.3 Å². The van der Waals surface area contributed by atoms with Crippen molar-refractivity contribution in [2.24, 2.45) is 0 Å². The Morgan fingerprint density at radius 3 is 1.92 bits per heavy atom. The first kappa shape index (κ1) is 15.7. The monoisotopic (exact) mass is 196 g/mol. The summed E-state index contributed by atoms with van der Waals surface area (Å²) >= 11 is 0. The second kappa shape index (κ2) is 12.2. The Morgan fingerprint density at radius 2 is 1.46 bits per heavy atom. The van der Waals surface area contributed by atoms with Crippen LogP contribution in [0.3, 0.4) is 0 Å². The van der Waals surface area contributed by atoms with E-state index < -0.39 is 5.97 Å². The molecule has 0 aromatic heterocycles. The summed E-state index contributed by atoms with van der Waals surface area (Å²) in [5.74, 6) is -0.663. The Balaban J connectivity index is 0. The number of carboxylic acid groups (broad SMARTS) is 1. The highest BCUT2D eigenvalue weighted by Crippen LogP contribution is 2.07. The zero-order valence-electron chi connectivity index (χ0n) is 8.72. The lowest BCUT2D eigenvalue weighted by atomic mass is 10.1. The van der Waals surface area contributed by atoms with Crippen molar-refractivity contribution in [3.63, 3.8) is 0 Å². The summed E-state index contributed by atoms with van der Waals surface area (Å²) in [6.07, 6.45) is 8.64. The van der Waals surface area contributed by atoms with Crippen molar-refractivity contribution < 1.29 is 9.90 Å². The van der Waals surface area contributed by atoms with Gasteiger partial charge in [-0.25, -0.2) is 0 Å². The Kier molecular flexibility index (Phi) is 14.8.